The summed E-state index contributed by atoms with van der Waals surface area (Å²) in [6, 6.07) is 11.7. The van der Waals surface area contributed by atoms with Gasteiger partial charge < -0.3 is 15.4 Å². The molecule has 0 saturated carbocycles. The highest BCUT2D eigenvalue weighted by Gasteiger charge is 2.19. The number of nitrogens with one attached hydrogen (secondary N) is 2. The highest BCUT2D eigenvalue weighted by atomic mass is 19.1. The zero-order valence-corrected chi connectivity index (χ0v) is 15.2. The number of rotatable bonds is 5. The summed E-state index contributed by atoms with van der Waals surface area (Å²) in [5.74, 6) is 0.431. The quantitative estimate of drug-likeness (QED) is 0.796. The lowest BCUT2D eigenvalue weighted by Gasteiger charge is -2.23. The molecule has 134 valence electrons. The second kappa shape index (κ2) is 8.01. The van der Waals surface area contributed by atoms with E-state index in [4.69, 9.17) is 4.74 Å². The summed E-state index contributed by atoms with van der Waals surface area (Å²) in [4.78, 5) is 11.8. The Morgan fingerprint density at radius 3 is 2.56 bits per heavy atom. The summed E-state index contributed by atoms with van der Waals surface area (Å²) in [6.45, 7) is 8.70. The largest absolute Gasteiger partial charge is 0.473 e. The minimum atomic E-state index is -0.367. The minimum absolute atomic E-state index is 0.0546. The predicted molar refractivity (Wildman–Crippen MR) is 97.1 cm³/mol. The fraction of sp³-hybridized carbons (Fsp3) is 0.350. The Hall–Kier alpha value is -2.56. The van der Waals surface area contributed by atoms with Gasteiger partial charge in [0.05, 0.1) is 0 Å². The average Bonchev–Trinajstić information content (AvgIpc) is 2.53. The number of amides is 2. The molecule has 25 heavy (non-hydrogen) atoms. The van der Waals surface area contributed by atoms with Crippen molar-refractivity contribution in [3.05, 3.63) is 65.0 Å². The standard InChI is InChI=1S/C20H25FN2O2/c1-14-8-9-18(17(10-14)20(2,3)4)25-13-23-19(24)22-12-15-6-5-7-16(21)11-15/h5-11H,12-13H2,1-4H3,(H2,22,23,24). The monoisotopic (exact) mass is 344 g/mol. The van der Waals surface area contributed by atoms with Crippen molar-refractivity contribution in [2.75, 3.05) is 6.73 Å². The molecule has 2 aromatic carbocycles. The van der Waals surface area contributed by atoms with Crippen molar-refractivity contribution in [1.29, 1.82) is 0 Å². The van der Waals surface area contributed by atoms with Gasteiger partial charge in [-0.2, -0.15) is 0 Å². The van der Waals surface area contributed by atoms with Crippen molar-refractivity contribution in [3.8, 4) is 5.75 Å². The van der Waals surface area contributed by atoms with Crippen molar-refractivity contribution < 1.29 is 13.9 Å². The second-order valence-electron chi connectivity index (χ2n) is 7.03. The molecule has 0 unspecified atom stereocenters. The molecule has 0 saturated heterocycles. The van der Waals surface area contributed by atoms with E-state index in [0.717, 1.165) is 16.9 Å². The molecule has 2 rings (SSSR count). The third-order valence-corrected chi connectivity index (χ3v) is 3.75. The Morgan fingerprint density at radius 1 is 1.12 bits per heavy atom. The first-order valence-corrected chi connectivity index (χ1v) is 8.26. The zero-order chi connectivity index (χ0) is 18.4. The van der Waals surface area contributed by atoms with Crippen molar-refractivity contribution in [2.45, 2.75) is 39.7 Å². The Labute approximate surface area is 148 Å². The fourth-order valence-corrected chi connectivity index (χ4v) is 2.43. The number of urea groups is 1. The summed E-state index contributed by atoms with van der Waals surface area (Å²) < 4.78 is 18.8. The van der Waals surface area contributed by atoms with Gasteiger partial charge in [0.2, 0.25) is 0 Å². The molecule has 0 atom stereocenters. The average molecular weight is 344 g/mol. The van der Waals surface area contributed by atoms with E-state index in [1.54, 1.807) is 12.1 Å². The number of ether oxygens (including phenoxy) is 1. The van der Waals surface area contributed by atoms with Crippen molar-refractivity contribution in [1.82, 2.24) is 10.6 Å². The van der Waals surface area contributed by atoms with Crippen molar-refractivity contribution in [3.63, 3.8) is 0 Å². The number of carbonyl (C=O) groups excluding carboxylic acids is 1. The van der Waals surface area contributed by atoms with Crippen molar-refractivity contribution in [2.24, 2.45) is 0 Å². The molecule has 0 aromatic heterocycles. The Morgan fingerprint density at radius 2 is 1.88 bits per heavy atom. The molecule has 2 aromatic rings. The van der Waals surface area contributed by atoms with Crippen LogP contribution in [-0.4, -0.2) is 12.8 Å². The Balaban J connectivity index is 1.85. The summed E-state index contributed by atoms with van der Waals surface area (Å²) in [5, 5.41) is 5.31. The van der Waals surface area contributed by atoms with Gasteiger partial charge >= 0.3 is 6.03 Å². The molecule has 0 aliphatic carbocycles. The van der Waals surface area contributed by atoms with Crippen LogP contribution in [0.15, 0.2) is 42.5 Å². The molecule has 2 amide bonds. The lowest BCUT2D eigenvalue weighted by Crippen LogP contribution is -2.37. The number of benzene rings is 2. The van der Waals surface area contributed by atoms with Gasteiger partial charge in [0, 0.05) is 6.54 Å². The first-order valence-electron chi connectivity index (χ1n) is 8.26. The highest BCUT2D eigenvalue weighted by molar-refractivity contribution is 5.73. The number of halogens is 1. The molecule has 0 radical (unpaired) electrons. The van der Waals surface area contributed by atoms with E-state index < -0.39 is 0 Å². The number of hydrogen-bond donors (Lipinski definition) is 2. The smallest absolute Gasteiger partial charge is 0.317 e. The third kappa shape index (κ3) is 5.78. The van der Waals surface area contributed by atoms with Crippen LogP contribution in [0.5, 0.6) is 5.75 Å². The highest BCUT2D eigenvalue weighted by Crippen LogP contribution is 2.31. The zero-order valence-electron chi connectivity index (χ0n) is 15.2. The molecular formula is C20H25FN2O2. The topological polar surface area (TPSA) is 50.4 Å². The first-order chi connectivity index (χ1) is 11.8. The molecular weight excluding hydrogens is 319 g/mol. The van der Waals surface area contributed by atoms with Crippen LogP contribution in [0.1, 0.15) is 37.5 Å². The van der Waals surface area contributed by atoms with Crippen LogP contribution in [0.25, 0.3) is 0 Å². The lowest BCUT2D eigenvalue weighted by atomic mass is 9.85. The summed E-state index contributed by atoms with van der Waals surface area (Å²) in [6.07, 6.45) is 0. The Bertz CT molecular complexity index is 739. The van der Waals surface area contributed by atoms with Gasteiger partial charge in [-0.15, -0.1) is 0 Å². The molecule has 0 fully saturated rings. The summed E-state index contributed by atoms with van der Waals surface area (Å²) >= 11 is 0. The minimum Gasteiger partial charge on any atom is -0.473 e. The van der Waals surface area contributed by atoms with E-state index in [0.29, 0.717) is 5.56 Å². The van der Waals surface area contributed by atoms with E-state index in [2.05, 4.69) is 37.5 Å². The summed E-state index contributed by atoms with van der Waals surface area (Å²) in [5.41, 5.74) is 2.90. The normalized spacial score (nSPS) is 11.1. The number of carbonyl (C=O) groups is 1. The van der Waals surface area contributed by atoms with Crippen LogP contribution in [0.2, 0.25) is 0 Å². The Kier molecular flexibility index (Phi) is 6.02. The van der Waals surface area contributed by atoms with Crippen LogP contribution in [0.3, 0.4) is 0 Å². The van der Waals surface area contributed by atoms with Crippen LogP contribution < -0.4 is 15.4 Å². The lowest BCUT2D eigenvalue weighted by molar-refractivity contribution is 0.222. The van der Waals surface area contributed by atoms with Gasteiger partial charge in [-0.05, 0) is 41.7 Å². The predicted octanol–water partition coefficient (Wildman–Crippen LogP) is 4.27. The van der Waals surface area contributed by atoms with Gasteiger partial charge in [0.25, 0.3) is 0 Å². The van der Waals surface area contributed by atoms with Crippen LogP contribution in [0.4, 0.5) is 9.18 Å². The SMILES string of the molecule is Cc1ccc(OCNC(=O)NCc2cccc(F)c2)c(C(C)(C)C)c1. The molecule has 2 N–H and O–H groups in total. The van der Waals surface area contributed by atoms with E-state index >= 15 is 0 Å². The van der Waals surface area contributed by atoms with Gasteiger partial charge in [0.15, 0.2) is 6.73 Å². The van der Waals surface area contributed by atoms with Gasteiger partial charge in [-0.3, -0.25) is 0 Å². The molecule has 0 bridgehead atoms. The van der Waals surface area contributed by atoms with Gasteiger partial charge in [0.1, 0.15) is 11.6 Å². The maximum Gasteiger partial charge on any atom is 0.317 e. The van der Waals surface area contributed by atoms with E-state index in [1.165, 1.54) is 12.1 Å². The molecule has 0 aliphatic heterocycles. The third-order valence-electron chi connectivity index (χ3n) is 3.75. The number of hydrogen-bond acceptors (Lipinski definition) is 2. The van der Waals surface area contributed by atoms with Crippen molar-refractivity contribution >= 4 is 6.03 Å². The molecule has 0 heterocycles. The molecule has 4 nitrogen and oxygen atoms in total. The second-order valence-corrected chi connectivity index (χ2v) is 7.03. The number of aryl methyl sites for hydroxylation is 1. The van der Waals surface area contributed by atoms with Crippen LogP contribution in [0, 0.1) is 12.7 Å². The summed E-state index contributed by atoms with van der Waals surface area (Å²) in [7, 11) is 0. The molecule has 0 aliphatic rings. The van der Waals surface area contributed by atoms with E-state index in [9.17, 15) is 9.18 Å². The van der Waals surface area contributed by atoms with E-state index in [1.807, 2.05) is 19.1 Å². The van der Waals surface area contributed by atoms with Crippen LogP contribution >= 0.6 is 0 Å². The maximum absolute atomic E-state index is 13.1. The van der Waals surface area contributed by atoms with Gasteiger partial charge in [-0.1, -0.05) is 50.6 Å². The molecule has 0 spiro atoms. The molecule has 5 heteroatoms. The van der Waals surface area contributed by atoms with Gasteiger partial charge in [-0.25, -0.2) is 9.18 Å². The fourth-order valence-electron chi connectivity index (χ4n) is 2.43. The maximum atomic E-state index is 13.1. The van der Waals surface area contributed by atoms with E-state index in [-0.39, 0.29) is 30.5 Å². The first kappa shape index (κ1) is 18.8. The van der Waals surface area contributed by atoms with Crippen LogP contribution in [-0.2, 0) is 12.0 Å².